The van der Waals surface area contributed by atoms with Gasteiger partial charge in [-0.15, -0.1) is 0 Å². The highest BCUT2D eigenvalue weighted by Gasteiger charge is 2.25. The molecule has 0 bridgehead atoms. The molecule has 0 saturated heterocycles. The van der Waals surface area contributed by atoms with Crippen LogP contribution in [0.1, 0.15) is 46.1 Å². The Morgan fingerprint density at radius 2 is 2.11 bits per heavy atom. The average molecular weight is 261 g/mol. The molecule has 1 unspecified atom stereocenters. The predicted molar refractivity (Wildman–Crippen MR) is 81.4 cm³/mol. The molecule has 3 heteroatoms. The van der Waals surface area contributed by atoms with E-state index in [1.165, 1.54) is 18.4 Å². The third-order valence-corrected chi connectivity index (χ3v) is 4.18. The third kappa shape index (κ3) is 3.93. The number of anilines is 1. The zero-order chi connectivity index (χ0) is 14.0. The van der Waals surface area contributed by atoms with Gasteiger partial charge in [-0.05, 0) is 42.9 Å². The van der Waals surface area contributed by atoms with Gasteiger partial charge in [0.25, 0.3) is 0 Å². The van der Waals surface area contributed by atoms with Crippen LogP contribution >= 0.6 is 0 Å². The van der Waals surface area contributed by atoms with E-state index in [9.17, 15) is 0 Å². The van der Waals surface area contributed by atoms with Gasteiger partial charge >= 0.3 is 0 Å². The molecule has 0 amide bonds. The lowest BCUT2D eigenvalue weighted by molar-refractivity contribution is 0.328. The summed E-state index contributed by atoms with van der Waals surface area (Å²) >= 11 is 0. The largest absolute Gasteiger partial charge is 0.356 e. The fourth-order valence-electron chi connectivity index (χ4n) is 2.09. The van der Waals surface area contributed by atoms with Crippen LogP contribution in [-0.2, 0) is 6.54 Å². The molecule has 1 heterocycles. The summed E-state index contributed by atoms with van der Waals surface area (Å²) in [4.78, 5) is 6.79. The predicted octanol–water partition coefficient (Wildman–Crippen LogP) is 3.20. The van der Waals surface area contributed by atoms with E-state index in [2.05, 4.69) is 62.1 Å². The maximum Gasteiger partial charge on any atom is 0.128 e. The van der Waals surface area contributed by atoms with Crippen molar-refractivity contribution < 1.29 is 0 Å². The minimum atomic E-state index is 0.249. The summed E-state index contributed by atoms with van der Waals surface area (Å²) in [5.41, 5.74) is 1.57. The van der Waals surface area contributed by atoms with Crippen molar-refractivity contribution in [1.29, 1.82) is 0 Å². The van der Waals surface area contributed by atoms with Gasteiger partial charge in [0.05, 0.1) is 0 Å². The van der Waals surface area contributed by atoms with E-state index >= 15 is 0 Å². The van der Waals surface area contributed by atoms with Crippen LogP contribution in [0, 0.1) is 5.41 Å². The van der Waals surface area contributed by atoms with Gasteiger partial charge in [-0.2, -0.15) is 0 Å². The molecular formula is C16H27N3. The van der Waals surface area contributed by atoms with Gasteiger partial charge < -0.3 is 10.2 Å². The number of nitrogens with one attached hydrogen (secondary N) is 1. The molecule has 1 aliphatic carbocycles. The zero-order valence-corrected chi connectivity index (χ0v) is 12.9. The molecule has 1 aromatic rings. The molecule has 0 radical (unpaired) electrons. The second kappa shape index (κ2) is 5.49. The summed E-state index contributed by atoms with van der Waals surface area (Å²) in [5.74, 6) is 1.07. The van der Waals surface area contributed by atoms with E-state index < -0.39 is 0 Å². The first-order valence-corrected chi connectivity index (χ1v) is 7.29. The van der Waals surface area contributed by atoms with Gasteiger partial charge in [-0.25, -0.2) is 4.98 Å². The van der Waals surface area contributed by atoms with Crippen LogP contribution in [0.4, 0.5) is 5.82 Å². The lowest BCUT2D eigenvalue weighted by atomic mass is 9.87. The first kappa shape index (κ1) is 14.3. The van der Waals surface area contributed by atoms with Crippen molar-refractivity contribution in [3.63, 3.8) is 0 Å². The number of aromatic nitrogens is 1. The lowest BCUT2D eigenvalue weighted by Gasteiger charge is -2.36. The fourth-order valence-corrected chi connectivity index (χ4v) is 2.09. The normalized spacial score (nSPS) is 17.3. The van der Waals surface area contributed by atoms with Gasteiger partial charge in [0.1, 0.15) is 5.82 Å². The number of nitrogens with zero attached hydrogens (tertiary/aromatic N) is 2. The summed E-state index contributed by atoms with van der Waals surface area (Å²) < 4.78 is 0. The summed E-state index contributed by atoms with van der Waals surface area (Å²) in [6.07, 6.45) is 4.59. The molecule has 19 heavy (non-hydrogen) atoms. The second-order valence-electron chi connectivity index (χ2n) is 6.83. The van der Waals surface area contributed by atoms with E-state index in [4.69, 9.17) is 0 Å². The Morgan fingerprint density at radius 1 is 1.42 bits per heavy atom. The third-order valence-electron chi connectivity index (χ3n) is 4.18. The van der Waals surface area contributed by atoms with Crippen molar-refractivity contribution in [3.8, 4) is 0 Å². The van der Waals surface area contributed by atoms with Crippen LogP contribution in [0.2, 0.25) is 0 Å². The van der Waals surface area contributed by atoms with Gasteiger partial charge in [-0.1, -0.05) is 20.8 Å². The molecule has 1 saturated carbocycles. The van der Waals surface area contributed by atoms with Crippen molar-refractivity contribution in [2.45, 2.75) is 59.2 Å². The highest BCUT2D eigenvalue weighted by Crippen LogP contribution is 2.26. The Balaban J connectivity index is 2.04. The minimum Gasteiger partial charge on any atom is -0.356 e. The van der Waals surface area contributed by atoms with Crippen LogP contribution < -0.4 is 10.2 Å². The lowest BCUT2D eigenvalue weighted by Crippen LogP contribution is -2.39. The number of hydrogen-bond donors (Lipinski definition) is 1. The SMILES string of the molecule is CC(N(C)c1cc(CNC2CC2)ccn1)C(C)(C)C. The van der Waals surface area contributed by atoms with Gasteiger partial charge in [0.2, 0.25) is 0 Å². The van der Waals surface area contributed by atoms with Crippen molar-refractivity contribution in [2.75, 3.05) is 11.9 Å². The zero-order valence-electron chi connectivity index (χ0n) is 12.9. The molecule has 0 spiro atoms. The molecule has 1 aliphatic rings. The molecule has 106 valence electrons. The van der Waals surface area contributed by atoms with E-state index in [1.807, 2.05) is 6.20 Å². The van der Waals surface area contributed by atoms with Gasteiger partial charge in [0.15, 0.2) is 0 Å². The first-order chi connectivity index (χ1) is 8.88. The van der Waals surface area contributed by atoms with Crippen LogP contribution in [0.3, 0.4) is 0 Å². The van der Waals surface area contributed by atoms with Crippen LogP contribution in [0.25, 0.3) is 0 Å². The van der Waals surface area contributed by atoms with Crippen molar-refractivity contribution in [3.05, 3.63) is 23.9 Å². The Morgan fingerprint density at radius 3 is 2.68 bits per heavy atom. The van der Waals surface area contributed by atoms with Crippen molar-refractivity contribution >= 4 is 5.82 Å². The Labute approximate surface area is 117 Å². The van der Waals surface area contributed by atoms with Crippen LogP contribution in [0.15, 0.2) is 18.3 Å². The van der Waals surface area contributed by atoms with Gasteiger partial charge in [0, 0.05) is 31.9 Å². The van der Waals surface area contributed by atoms with Crippen molar-refractivity contribution in [1.82, 2.24) is 10.3 Å². The molecule has 3 nitrogen and oxygen atoms in total. The molecule has 1 aromatic heterocycles. The van der Waals surface area contributed by atoms with Crippen LogP contribution in [0.5, 0.6) is 0 Å². The Bertz CT molecular complexity index is 418. The summed E-state index contributed by atoms with van der Waals surface area (Å²) in [5, 5.41) is 3.55. The average Bonchev–Trinajstić information content (AvgIpc) is 3.18. The Hall–Kier alpha value is -1.09. The van der Waals surface area contributed by atoms with E-state index in [0.717, 1.165) is 18.4 Å². The molecule has 1 N–H and O–H groups in total. The van der Waals surface area contributed by atoms with Crippen molar-refractivity contribution in [2.24, 2.45) is 5.41 Å². The summed E-state index contributed by atoms with van der Waals surface area (Å²) in [7, 11) is 2.14. The smallest absolute Gasteiger partial charge is 0.128 e. The molecular weight excluding hydrogens is 234 g/mol. The van der Waals surface area contributed by atoms with E-state index in [-0.39, 0.29) is 5.41 Å². The van der Waals surface area contributed by atoms with Gasteiger partial charge in [-0.3, -0.25) is 0 Å². The quantitative estimate of drug-likeness (QED) is 0.882. The monoisotopic (exact) mass is 261 g/mol. The molecule has 0 aliphatic heterocycles. The number of pyridine rings is 1. The minimum absolute atomic E-state index is 0.249. The first-order valence-electron chi connectivity index (χ1n) is 7.29. The molecule has 1 atom stereocenters. The second-order valence-corrected chi connectivity index (χ2v) is 6.83. The summed E-state index contributed by atoms with van der Waals surface area (Å²) in [6.45, 7) is 10.0. The highest BCUT2D eigenvalue weighted by atomic mass is 15.2. The molecule has 0 aromatic carbocycles. The number of rotatable bonds is 5. The molecule has 1 fully saturated rings. The Kier molecular flexibility index (Phi) is 4.14. The highest BCUT2D eigenvalue weighted by molar-refractivity contribution is 5.41. The van der Waals surface area contributed by atoms with E-state index in [1.54, 1.807) is 0 Å². The summed E-state index contributed by atoms with van der Waals surface area (Å²) in [6, 6.07) is 5.51. The number of hydrogen-bond acceptors (Lipinski definition) is 3. The fraction of sp³-hybridized carbons (Fsp3) is 0.688. The maximum atomic E-state index is 4.51. The van der Waals surface area contributed by atoms with E-state index in [0.29, 0.717) is 6.04 Å². The van der Waals surface area contributed by atoms with Crippen LogP contribution in [-0.4, -0.2) is 24.1 Å². The topological polar surface area (TPSA) is 28.2 Å². The maximum absolute atomic E-state index is 4.51. The standard InChI is InChI=1S/C16H27N3/c1-12(16(2,3)4)19(5)15-10-13(8-9-17-15)11-18-14-6-7-14/h8-10,12,14,18H,6-7,11H2,1-5H3. The molecule has 2 rings (SSSR count).